The lowest BCUT2D eigenvalue weighted by Gasteiger charge is -2.34. The van der Waals surface area contributed by atoms with Crippen molar-refractivity contribution in [1.29, 1.82) is 0 Å². The van der Waals surface area contributed by atoms with Gasteiger partial charge in [-0.1, -0.05) is 12.1 Å². The number of carbonyl (C=O) groups excluding carboxylic acids is 1. The molecule has 31 heavy (non-hydrogen) atoms. The van der Waals surface area contributed by atoms with E-state index in [0.29, 0.717) is 31.0 Å². The number of morpholine rings is 1. The maximum Gasteiger partial charge on any atom is 0.271 e. The van der Waals surface area contributed by atoms with Crippen LogP contribution in [0.1, 0.15) is 21.3 Å². The van der Waals surface area contributed by atoms with Crippen LogP contribution in [-0.2, 0) is 14.8 Å². The number of rotatable bonds is 8. The zero-order chi connectivity index (χ0) is 21.7. The third-order valence-corrected chi connectivity index (χ3v) is 8.73. The number of hydrogen-bond acceptors (Lipinski definition) is 7. The van der Waals surface area contributed by atoms with Gasteiger partial charge in [0.25, 0.3) is 15.9 Å². The van der Waals surface area contributed by atoms with Crippen molar-refractivity contribution in [1.82, 2.24) is 10.2 Å². The van der Waals surface area contributed by atoms with Crippen molar-refractivity contribution in [2.45, 2.75) is 10.3 Å². The quantitative estimate of drug-likeness (QED) is 0.519. The van der Waals surface area contributed by atoms with E-state index in [4.69, 9.17) is 4.74 Å². The van der Waals surface area contributed by atoms with Crippen LogP contribution in [0.5, 0.6) is 0 Å². The molecule has 4 rings (SSSR count). The van der Waals surface area contributed by atoms with Gasteiger partial charge in [0.1, 0.15) is 4.21 Å². The van der Waals surface area contributed by atoms with Gasteiger partial charge >= 0.3 is 0 Å². The van der Waals surface area contributed by atoms with E-state index in [9.17, 15) is 13.2 Å². The first-order chi connectivity index (χ1) is 15.0. The molecule has 0 radical (unpaired) electrons. The largest absolute Gasteiger partial charge is 0.379 e. The first-order valence-electron chi connectivity index (χ1n) is 9.83. The van der Waals surface area contributed by atoms with Crippen molar-refractivity contribution in [3.05, 3.63) is 69.7 Å². The van der Waals surface area contributed by atoms with Crippen molar-refractivity contribution in [3.63, 3.8) is 0 Å². The Morgan fingerprint density at radius 2 is 1.74 bits per heavy atom. The van der Waals surface area contributed by atoms with Crippen LogP contribution in [0.4, 0.5) is 5.69 Å². The Morgan fingerprint density at radius 3 is 2.39 bits per heavy atom. The molecule has 3 aromatic rings. The first kappa shape index (κ1) is 22.0. The molecular formula is C21H23N3O4S3. The normalized spacial score (nSPS) is 16.0. The molecule has 1 atom stereocenters. The van der Waals surface area contributed by atoms with Gasteiger partial charge in [0.15, 0.2) is 0 Å². The summed E-state index contributed by atoms with van der Waals surface area (Å²) >= 11 is 2.83. The van der Waals surface area contributed by atoms with Gasteiger partial charge in [-0.3, -0.25) is 14.4 Å². The van der Waals surface area contributed by atoms with Crippen LogP contribution in [0.2, 0.25) is 0 Å². The molecule has 1 aromatic carbocycles. The van der Waals surface area contributed by atoms with Crippen molar-refractivity contribution in [2.24, 2.45) is 0 Å². The smallest absolute Gasteiger partial charge is 0.271 e. The standard InChI is InChI=1S/C21H23N3O4S3/c25-21(22-15-18(19-3-1-13-29-19)24-9-11-28-12-10-24)16-5-7-17(8-6-16)23-31(26,27)20-4-2-14-30-20/h1-8,13-14,18,23H,9-12,15H2,(H,22,25)/t18-/m0/s1. The number of ether oxygens (including phenoxy) is 1. The van der Waals surface area contributed by atoms with Crippen LogP contribution in [0.15, 0.2) is 63.5 Å². The average molecular weight is 478 g/mol. The lowest BCUT2D eigenvalue weighted by Crippen LogP contribution is -2.43. The molecule has 10 heteroatoms. The topological polar surface area (TPSA) is 87.7 Å². The molecule has 7 nitrogen and oxygen atoms in total. The second kappa shape index (κ2) is 9.92. The van der Waals surface area contributed by atoms with Crippen molar-refractivity contribution in [2.75, 3.05) is 37.6 Å². The zero-order valence-corrected chi connectivity index (χ0v) is 19.1. The van der Waals surface area contributed by atoms with Crippen LogP contribution >= 0.6 is 22.7 Å². The van der Waals surface area contributed by atoms with Crippen LogP contribution in [-0.4, -0.2) is 52.1 Å². The Labute approximate surface area is 189 Å². The molecular weight excluding hydrogens is 454 g/mol. The van der Waals surface area contributed by atoms with Gasteiger partial charge in [-0.15, -0.1) is 22.7 Å². The fourth-order valence-corrected chi connectivity index (χ4v) is 6.29. The zero-order valence-electron chi connectivity index (χ0n) is 16.7. The number of carbonyl (C=O) groups is 1. The Kier molecular flexibility index (Phi) is 7.03. The van der Waals surface area contributed by atoms with Crippen molar-refractivity contribution in [3.8, 4) is 0 Å². The number of sulfonamides is 1. The van der Waals surface area contributed by atoms with Crippen LogP contribution < -0.4 is 10.0 Å². The predicted molar refractivity (Wildman–Crippen MR) is 123 cm³/mol. The molecule has 2 aromatic heterocycles. The number of nitrogens with one attached hydrogen (secondary N) is 2. The van der Waals surface area contributed by atoms with Crippen molar-refractivity contribution < 1.29 is 17.9 Å². The fraction of sp³-hybridized carbons (Fsp3) is 0.286. The highest BCUT2D eigenvalue weighted by Crippen LogP contribution is 2.26. The minimum absolute atomic E-state index is 0.102. The Bertz CT molecular complexity index is 1080. The molecule has 0 unspecified atom stereocenters. The Hall–Kier alpha value is -2.24. The molecule has 0 bridgehead atoms. The van der Waals surface area contributed by atoms with Crippen LogP contribution in [0, 0.1) is 0 Å². The third kappa shape index (κ3) is 5.52. The summed E-state index contributed by atoms with van der Waals surface area (Å²) in [7, 11) is -3.61. The highest BCUT2D eigenvalue weighted by molar-refractivity contribution is 7.94. The van der Waals surface area contributed by atoms with Gasteiger partial charge in [0.05, 0.1) is 19.3 Å². The van der Waals surface area contributed by atoms with E-state index in [-0.39, 0.29) is 16.2 Å². The SMILES string of the molecule is O=C(NC[C@@H](c1cccs1)N1CCOCC1)c1ccc(NS(=O)(=O)c2cccs2)cc1. The summed E-state index contributed by atoms with van der Waals surface area (Å²) in [6, 6.07) is 13.9. The third-order valence-electron chi connectivity index (χ3n) is 4.97. The summed E-state index contributed by atoms with van der Waals surface area (Å²) in [6.45, 7) is 3.54. The van der Waals surface area contributed by atoms with Gasteiger partial charge in [-0.05, 0) is 47.2 Å². The van der Waals surface area contributed by atoms with Gasteiger partial charge in [0, 0.05) is 35.8 Å². The first-order valence-corrected chi connectivity index (χ1v) is 13.1. The summed E-state index contributed by atoms with van der Waals surface area (Å²) < 4.78 is 32.9. The van der Waals surface area contributed by atoms with Crippen LogP contribution in [0.25, 0.3) is 0 Å². The number of thiophene rings is 2. The van der Waals surface area contributed by atoms with E-state index < -0.39 is 10.0 Å². The second-order valence-electron chi connectivity index (χ2n) is 7.00. The summed E-state index contributed by atoms with van der Waals surface area (Å²) in [5.74, 6) is -0.192. The molecule has 1 amide bonds. The van der Waals surface area contributed by atoms with Crippen LogP contribution in [0.3, 0.4) is 0 Å². The molecule has 1 aliphatic rings. The molecule has 0 saturated carbocycles. The maximum absolute atomic E-state index is 12.7. The monoisotopic (exact) mass is 477 g/mol. The van der Waals surface area contributed by atoms with Gasteiger partial charge in [0.2, 0.25) is 0 Å². The van der Waals surface area contributed by atoms with Gasteiger partial charge in [-0.2, -0.15) is 0 Å². The van der Waals surface area contributed by atoms with Crippen molar-refractivity contribution >= 4 is 44.3 Å². The molecule has 1 fully saturated rings. The highest BCUT2D eigenvalue weighted by Gasteiger charge is 2.24. The summed E-state index contributed by atoms with van der Waals surface area (Å²) in [5, 5.41) is 6.78. The lowest BCUT2D eigenvalue weighted by molar-refractivity contribution is 0.0169. The van der Waals surface area contributed by atoms with Gasteiger partial charge in [-0.25, -0.2) is 8.42 Å². The minimum atomic E-state index is -3.61. The molecule has 1 saturated heterocycles. The van der Waals surface area contributed by atoms with E-state index in [1.54, 1.807) is 53.1 Å². The Morgan fingerprint density at radius 1 is 1.03 bits per heavy atom. The number of benzene rings is 1. The van der Waals surface area contributed by atoms with E-state index >= 15 is 0 Å². The molecule has 3 heterocycles. The fourth-order valence-electron chi connectivity index (χ4n) is 3.38. The number of anilines is 1. The minimum Gasteiger partial charge on any atom is -0.379 e. The second-order valence-corrected chi connectivity index (χ2v) is 10.8. The summed E-state index contributed by atoms with van der Waals surface area (Å²) in [6.07, 6.45) is 0. The molecule has 0 spiro atoms. The summed E-state index contributed by atoms with van der Waals surface area (Å²) in [5.41, 5.74) is 0.890. The van der Waals surface area contributed by atoms with E-state index in [0.717, 1.165) is 24.4 Å². The molecule has 0 aliphatic carbocycles. The molecule has 164 valence electrons. The number of hydrogen-bond donors (Lipinski definition) is 2. The van der Waals surface area contributed by atoms with E-state index in [2.05, 4.69) is 21.0 Å². The van der Waals surface area contributed by atoms with E-state index in [1.807, 2.05) is 11.4 Å². The highest BCUT2D eigenvalue weighted by atomic mass is 32.2. The number of nitrogens with zero attached hydrogens (tertiary/aromatic N) is 1. The van der Waals surface area contributed by atoms with Gasteiger partial charge < -0.3 is 10.1 Å². The Balaban J connectivity index is 1.39. The predicted octanol–water partition coefficient (Wildman–Crippen LogP) is 3.41. The van der Waals surface area contributed by atoms with E-state index in [1.165, 1.54) is 4.88 Å². The molecule has 2 N–H and O–H groups in total. The average Bonchev–Trinajstić information content (AvgIpc) is 3.50. The lowest BCUT2D eigenvalue weighted by atomic mass is 10.1. The molecule has 1 aliphatic heterocycles. The number of amides is 1. The summed E-state index contributed by atoms with van der Waals surface area (Å²) in [4.78, 5) is 16.2. The maximum atomic E-state index is 12.7.